The highest BCUT2D eigenvalue weighted by atomic mass is 19.4. The Bertz CT molecular complexity index is 378. The van der Waals surface area contributed by atoms with E-state index in [1.54, 1.807) is 18.2 Å². The molecule has 0 aromatic heterocycles. The Kier molecular flexibility index (Phi) is 3.92. The molecule has 1 aliphatic rings. The second-order valence-corrected chi connectivity index (χ2v) is 4.80. The molecule has 1 aromatic rings. The van der Waals surface area contributed by atoms with Crippen LogP contribution >= 0.6 is 0 Å². The molecule has 0 aliphatic carbocycles. The van der Waals surface area contributed by atoms with Crippen molar-refractivity contribution in [3.05, 3.63) is 35.9 Å². The van der Waals surface area contributed by atoms with Gasteiger partial charge in [0.05, 0.1) is 0 Å². The van der Waals surface area contributed by atoms with Gasteiger partial charge < -0.3 is 4.90 Å². The lowest BCUT2D eigenvalue weighted by Crippen LogP contribution is -2.41. The Labute approximate surface area is 105 Å². The highest BCUT2D eigenvalue weighted by Gasteiger charge is 2.42. The quantitative estimate of drug-likeness (QED) is 0.896. The first-order valence-corrected chi connectivity index (χ1v) is 6.03. The van der Waals surface area contributed by atoms with E-state index in [9.17, 15) is 13.2 Å². The van der Waals surface area contributed by atoms with Crippen molar-refractivity contribution in [1.82, 2.24) is 10.2 Å². The summed E-state index contributed by atoms with van der Waals surface area (Å²) in [5.74, 6) is 0. The zero-order valence-electron chi connectivity index (χ0n) is 10.2. The van der Waals surface area contributed by atoms with Crippen LogP contribution < -0.4 is 5.32 Å². The maximum atomic E-state index is 13.1. The summed E-state index contributed by atoms with van der Waals surface area (Å²) in [5.41, 5.74) is 0.277. The lowest BCUT2D eigenvalue weighted by atomic mass is 10.1. The molecule has 100 valence electrons. The third-order valence-corrected chi connectivity index (χ3v) is 3.25. The Morgan fingerprint density at radius 3 is 2.44 bits per heavy atom. The summed E-state index contributed by atoms with van der Waals surface area (Å²) in [4.78, 5) is 2.04. The lowest BCUT2D eigenvalue weighted by molar-refractivity contribution is -0.159. The minimum atomic E-state index is -4.26. The maximum Gasteiger partial charge on any atom is 0.407 e. The average molecular weight is 258 g/mol. The van der Waals surface area contributed by atoms with Crippen LogP contribution in [-0.2, 0) is 0 Å². The van der Waals surface area contributed by atoms with Crippen LogP contribution in [0.3, 0.4) is 0 Å². The highest BCUT2D eigenvalue weighted by molar-refractivity contribution is 5.20. The summed E-state index contributed by atoms with van der Waals surface area (Å²) in [5, 5.41) is 2.74. The van der Waals surface area contributed by atoms with Crippen LogP contribution in [0.15, 0.2) is 30.3 Å². The molecule has 2 rings (SSSR count). The van der Waals surface area contributed by atoms with Gasteiger partial charge >= 0.3 is 6.18 Å². The molecule has 1 heterocycles. The Morgan fingerprint density at radius 2 is 1.94 bits per heavy atom. The predicted octanol–water partition coefficient (Wildman–Crippen LogP) is 2.58. The van der Waals surface area contributed by atoms with Gasteiger partial charge in [0.1, 0.15) is 6.04 Å². The minimum absolute atomic E-state index is 0.0955. The van der Waals surface area contributed by atoms with Crippen LogP contribution in [0.2, 0.25) is 0 Å². The van der Waals surface area contributed by atoms with Gasteiger partial charge in [-0.15, -0.1) is 0 Å². The predicted molar refractivity (Wildman–Crippen MR) is 64.3 cm³/mol. The zero-order valence-corrected chi connectivity index (χ0v) is 10.2. The van der Waals surface area contributed by atoms with Crippen molar-refractivity contribution < 1.29 is 13.2 Å². The molecule has 1 aliphatic heterocycles. The van der Waals surface area contributed by atoms with Crippen molar-refractivity contribution in [2.45, 2.75) is 24.7 Å². The SMILES string of the molecule is CN1CCC(NC(c2ccccc2)C(F)(F)F)C1. The Hall–Kier alpha value is -1.07. The smallest absolute Gasteiger partial charge is 0.305 e. The normalized spacial score (nSPS) is 23.2. The maximum absolute atomic E-state index is 13.1. The molecule has 1 fully saturated rings. The number of benzene rings is 1. The molecule has 1 aromatic carbocycles. The van der Waals surface area contributed by atoms with E-state index < -0.39 is 12.2 Å². The molecular weight excluding hydrogens is 241 g/mol. The van der Waals surface area contributed by atoms with Crippen LogP contribution in [-0.4, -0.2) is 37.3 Å². The van der Waals surface area contributed by atoms with E-state index in [0.29, 0.717) is 6.54 Å². The fourth-order valence-corrected chi connectivity index (χ4v) is 2.33. The van der Waals surface area contributed by atoms with Gasteiger partial charge in [0.15, 0.2) is 0 Å². The fourth-order valence-electron chi connectivity index (χ4n) is 2.33. The van der Waals surface area contributed by atoms with Gasteiger partial charge in [-0.1, -0.05) is 30.3 Å². The number of likely N-dealkylation sites (tertiary alicyclic amines) is 1. The molecule has 1 saturated heterocycles. The van der Waals surface area contributed by atoms with Gasteiger partial charge in [-0.05, 0) is 25.6 Å². The van der Waals surface area contributed by atoms with Gasteiger partial charge in [-0.2, -0.15) is 13.2 Å². The molecule has 0 radical (unpaired) electrons. The second kappa shape index (κ2) is 5.28. The first-order valence-electron chi connectivity index (χ1n) is 6.03. The van der Waals surface area contributed by atoms with Crippen LogP contribution in [0.1, 0.15) is 18.0 Å². The number of hydrogen-bond acceptors (Lipinski definition) is 2. The summed E-state index contributed by atoms with van der Waals surface area (Å²) in [6.07, 6.45) is -3.50. The number of nitrogens with one attached hydrogen (secondary N) is 1. The fraction of sp³-hybridized carbons (Fsp3) is 0.538. The first kappa shape index (κ1) is 13.4. The standard InChI is InChI=1S/C13H17F3N2/c1-18-8-7-11(9-18)17-12(13(14,15)16)10-5-3-2-4-6-10/h2-6,11-12,17H,7-9H2,1H3. The lowest BCUT2D eigenvalue weighted by Gasteiger charge is -2.25. The van der Waals surface area contributed by atoms with Crippen molar-refractivity contribution in [2.24, 2.45) is 0 Å². The third-order valence-electron chi connectivity index (χ3n) is 3.25. The number of rotatable bonds is 3. The summed E-state index contributed by atoms with van der Waals surface area (Å²) in [7, 11) is 1.92. The molecule has 18 heavy (non-hydrogen) atoms. The van der Waals surface area contributed by atoms with Gasteiger partial charge in [0.2, 0.25) is 0 Å². The summed E-state index contributed by atoms with van der Waals surface area (Å²) < 4.78 is 39.2. The molecular formula is C13H17F3N2. The summed E-state index contributed by atoms with van der Waals surface area (Å²) >= 11 is 0. The molecule has 0 saturated carbocycles. The first-order chi connectivity index (χ1) is 8.47. The van der Waals surface area contributed by atoms with Crippen molar-refractivity contribution in [2.75, 3.05) is 20.1 Å². The minimum Gasteiger partial charge on any atom is -0.305 e. The largest absolute Gasteiger partial charge is 0.407 e. The Morgan fingerprint density at radius 1 is 1.28 bits per heavy atom. The number of halogens is 3. The monoisotopic (exact) mass is 258 g/mol. The van der Waals surface area contributed by atoms with Gasteiger partial charge in [0, 0.05) is 12.6 Å². The molecule has 2 unspecified atom stereocenters. The summed E-state index contributed by atoms with van der Waals surface area (Å²) in [6, 6.07) is 6.36. The van der Waals surface area contributed by atoms with E-state index in [4.69, 9.17) is 0 Å². The van der Waals surface area contributed by atoms with E-state index in [1.165, 1.54) is 12.1 Å². The third kappa shape index (κ3) is 3.23. The Balaban J connectivity index is 2.12. The van der Waals surface area contributed by atoms with Crippen LogP contribution in [0, 0.1) is 0 Å². The number of alkyl halides is 3. The number of likely N-dealkylation sites (N-methyl/N-ethyl adjacent to an activating group) is 1. The van der Waals surface area contributed by atoms with Crippen LogP contribution in [0.5, 0.6) is 0 Å². The van der Waals surface area contributed by atoms with Crippen LogP contribution in [0.25, 0.3) is 0 Å². The van der Waals surface area contributed by atoms with Crippen molar-refractivity contribution in [3.8, 4) is 0 Å². The van der Waals surface area contributed by atoms with E-state index in [2.05, 4.69) is 5.32 Å². The van der Waals surface area contributed by atoms with Gasteiger partial charge in [-0.25, -0.2) is 0 Å². The number of hydrogen-bond donors (Lipinski definition) is 1. The van der Waals surface area contributed by atoms with Crippen LogP contribution in [0.4, 0.5) is 13.2 Å². The molecule has 2 nitrogen and oxygen atoms in total. The molecule has 0 amide bonds. The van der Waals surface area contributed by atoms with Crippen molar-refractivity contribution in [3.63, 3.8) is 0 Å². The van der Waals surface area contributed by atoms with Crippen molar-refractivity contribution >= 4 is 0 Å². The average Bonchev–Trinajstić information content (AvgIpc) is 2.72. The topological polar surface area (TPSA) is 15.3 Å². The molecule has 0 bridgehead atoms. The molecule has 0 spiro atoms. The van der Waals surface area contributed by atoms with Gasteiger partial charge in [-0.3, -0.25) is 5.32 Å². The van der Waals surface area contributed by atoms with E-state index in [1.807, 2.05) is 11.9 Å². The van der Waals surface area contributed by atoms with E-state index >= 15 is 0 Å². The molecule has 2 atom stereocenters. The van der Waals surface area contributed by atoms with Gasteiger partial charge in [0.25, 0.3) is 0 Å². The zero-order chi connectivity index (χ0) is 13.2. The molecule has 1 N–H and O–H groups in total. The highest BCUT2D eigenvalue weighted by Crippen LogP contribution is 2.33. The number of nitrogens with zero attached hydrogens (tertiary/aromatic N) is 1. The summed E-state index contributed by atoms with van der Waals surface area (Å²) in [6.45, 7) is 1.51. The molecule has 5 heteroatoms. The van der Waals surface area contributed by atoms with E-state index in [0.717, 1.165) is 13.0 Å². The van der Waals surface area contributed by atoms with E-state index in [-0.39, 0.29) is 11.6 Å². The second-order valence-electron chi connectivity index (χ2n) is 4.80. The van der Waals surface area contributed by atoms with Crippen molar-refractivity contribution in [1.29, 1.82) is 0 Å².